The molecule has 0 bridgehead atoms. The molecule has 1 atom stereocenters. The van der Waals surface area contributed by atoms with E-state index in [2.05, 4.69) is 10.3 Å². The molecule has 0 saturated carbocycles. The number of anilines is 1. The number of pyridine rings is 1. The number of sulfone groups is 1. The molecule has 0 radical (unpaired) electrons. The lowest BCUT2D eigenvalue weighted by Gasteiger charge is -2.13. The van der Waals surface area contributed by atoms with Crippen molar-refractivity contribution in [2.75, 3.05) is 17.3 Å². The van der Waals surface area contributed by atoms with E-state index in [0.717, 1.165) is 0 Å². The first-order valence-corrected chi connectivity index (χ1v) is 6.77. The van der Waals surface area contributed by atoms with Gasteiger partial charge in [0.25, 0.3) is 0 Å². The molecule has 0 aliphatic heterocycles. The van der Waals surface area contributed by atoms with E-state index in [1.54, 1.807) is 19.1 Å². The lowest BCUT2D eigenvalue weighted by Crippen LogP contribution is -2.25. The van der Waals surface area contributed by atoms with Gasteiger partial charge in [-0.05, 0) is 19.1 Å². The summed E-state index contributed by atoms with van der Waals surface area (Å²) < 4.78 is 22.1. The number of nitrogens with zero attached hydrogens (tertiary/aromatic N) is 2. The normalized spacial score (nSPS) is 12.8. The smallest absolute Gasteiger partial charge is 0.149 e. The Hall–Kier alpha value is -1.61. The van der Waals surface area contributed by atoms with Crippen LogP contribution in [0.25, 0.3) is 0 Å². The zero-order chi connectivity index (χ0) is 12.2. The van der Waals surface area contributed by atoms with Crippen LogP contribution >= 0.6 is 0 Å². The quantitative estimate of drug-likeness (QED) is 0.840. The van der Waals surface area contributed by atoms with Crippen molar-refractivity contribution >= 4 is 15.5 Å². The monoisotopic (exact) mass is 239 g/mol. The zero-order valence-electron chi connectivity index (χ0n) is 9.14. The number of nitrogens with one attached hydrogen (secondary N) is 1. The largest absolute Gasteiger partial charge is 0.380 e. The van der Waals surface area contributed by atoms with Gasteiger partial charge in [-0.15, -0.1) is 0 Å². The molecule has 0 spiro atoms. The van der Waals surface area contributed by atoms with Crippen LogP contribution in [0.5, 0.6) is 0 Å². The number of rotatable bonds is 4. The molecular weight excluding hydrogens is 226 g/mol. The van der Waals surface area contributed by atoms with E-state index >= 15 is 0 Å². The van der Waals surface area contributed by atoms with Crippen LogP contribution in [0.3, 0.4) is 0 Å². The molecule has 0 fully saturated rings. The summed E-state index contributed by atoms with van der Waals surface area (Å²) >= 11 is 0. The highest BCUT2D eigenvalue weighted by Crippen LogP contribution is 2.08. The molecule has 1 aromatic rings. The van der Waals surface area contributed by atoms with Crippen LogP contribution in [0.2, 0.25) is 0 Å². The second-order valence-corrected chi connectivity index (χ2v) is 5.87. The maximum absolute atomic E-state index is 11.0. The Balaban J connectivity index is 2.64. The second kappa shape index (κ2) is 4.94. The molecule has 86 valence electrons. The topological polar surface area (TPSA) is 82.9 Å². The summed E-state index contributed by atoms with van der Waals surface area (Å²) in [7, 11) is -2.99. The minimum Gasteiger partial charge on any atom is -0.380 e. The third kappa shape index (κ3) is 4.28. The SMILES string of the molecule is CC(CS(C)(=O)=O)Nc1ccc(C#N)nc1. The maximum atomic E-state index is 11.0. The van der Waals surface area contributed by atoms with Crippen molar-refractivity contribution in [2.45, 2.75) is 13.0 Å². The highest BCUT2D eigenvalue weighted by molar-refractivity contribution is 7.90. The first-order chi connectivity index (χ1) is 7.40. The van der Waals surface area contributed by atoms with Crippen LogP contribution in [0.1, 0.15) is 12.6 Å². The fraction of sp³-hybridized carbons (Fsp3) is 0.400. The lowest BCUT2D eigenvalue weighted by atomic mass is 10.3. The summed E-state index contributed by atoms with van der Waals surface area (Å²) in [6.45, 7) is 1.78. The molecule has 1 heterocycles. The van der Waals surface area contributed by atoms with E-state index in [4.69, 9.17) is 5.26 Å². The van der Waals surface area contributed by atoms with E-state index in [1.807, 2.05) is 6.07 Å². The number of hydrogen-bond acceptors (Lipinski definition) is 5. The first kappa shape index (κ1) is 12.5. The predicted octanol–water partition coefficient (Wildman–Crippen LogP) is 0.798. The van der Waals surface area contributed by atoms with Gasteiger partial charge in [0.15, 0.2) is 0 Å². The molecule has 5 nitrogen and oxygen atoms in total. The summed E-state index contributed by atoms with van der Waals surface area (Å²) in [6, 6.07) is 5.00. The predicted molar refractivity (Wildman–Crippen MR) is 61.7 cm³/mol. The van der Waals surface area contributed by atoms with Crippen molar-refractivity contribution in [1.82, 2.24) is 4.98 Å². The Morgan fingerprint density at radius 1 is 1.56 bits per heavy atom. The molecule has 16 heavy (non-hydrogen) atoms. The Kier molecular flexibility index (Phi) is 3.85. The molecule has 1 N–H and O–H groups in total. The van der Waals surface area contributed by atoms with Crippen LogP contribution in [-0.2, 0) is 9.84 Å². The molecule has 1 rings (SSSR count). The van der Waals surface area contributed by atoms with E-state index in [0.29, 0.717) is 11.4 Å². The molecular formula is C10H13N3O2S. The summed E-state index contributed by atoms with van der Waals surface area (Å²) in [6.07, 6.45) is 2.71. The number of nitriles is 1. The average molecular weight is 239 g/mol. The van der Waals surface area contributed by atoms with Crippen molar-refractivity contribution in [3.63, 3.8) is 0 Å². The average Bonchev–Trinajstić information content (AvgIpc) is 2.16. The van der Waals surface area contributed by atoms with Gasteiger partial charge >= 0.3 is 0 Å². The van der Waals surface area contributed by atoms with Gasteiger partial charge in [-0.1, -0.05) is 0 Å². The van der Waals surface area contributed by atoms with Gasteiger partial charge in [-0.2, -0.15) is 5.26 Å². The van der Waals surface area contributed by atoms with Gasteiger partial charge in [0, 0.05) is 12.3 Å². The Morgan fingerprint density at radius 2 is 2.25 bits per heavy atom. The van der Waals surface area contributed by atoms with Crippen LogP contribution in [0.4, 0.5) is 5.69 Å². The lowest BCUT2D eigenvalue weighted by molar-refractivity contribution is 0.598. The molecule has 1 aromatic heterocycles. The van der Waals surface area contributed by atoms with Gasteiger partial charge in [0.1, 0.15) is 21.6 Å². The summed E-state index contributed by atoms with van der Waals surface area (Å²) in [5.74, 6) is 0.0625. The van der Waals surface area contributed by atoms with Crippen molar-refractivity contribution in [3.05, 3.63) is 24.0 Å². The van der Waals surface area contributed by atoms with E-state index in [9.17, 15) is 8.42 Å². The number of hydrogen-bond donors (Lipinski definition) is 1. The van der Waals surface area contributed by atoms with Crippen LogP contribution in [-0.4, -0.2) is 31.5 Å². The fourth-order valence-corrected chi connectivity index (χ4v) is 2.32. The van der Waals surface area contributed by atoms with Crippen molar-refractivity contribution < 1.29 is 8.42 Å². The van der Waals surface area contributed by atoms with Crippen molar-refractivity contribution in [3.8, 4) is 6.07 Å². The molecule has 0 amide bonds. The third-order valence-electron chi connectivity index (χ3n) is 1.84. The molecule has 0 aliphatic carbocycles. The summed E-state index contributed by atoms with van der Waals surface area (Å²) in [5.41, 5.74) is 1.04. The number of aromatic nitrogens is 1. The van der Waals surface area contributed by atoms with Crippen molar-refractivity contribution in [2.24, 2.45) is 0 Å². The Morgan fingerprint density at radius 3 is 2.69 bits per heavy atom. The third-order valence-corrected chi connectivity index (χ3v) is 2.95. The highest BCUT2D eigenvalue weighted by Gasteiger charge is 2.10. The van der Waals surface area contributed by atoms with Crippen LogP contribution in [0.15, 0.2) is 18.3 Å². The van der Waals surface area contributed by atoms with Gasteiger partial charge in [0.05, 0.1) is 17.6 Å². The minimum atomic E-state index is -2.99. The van der Waals surface area contributed by atoms with E-state index in [-0.39, 0.29) is 11.8 Å². The highest BCUT2D eigenvalue weighted by atomic mass is 32.2. The molecule has 1 unspecified atom stereocenters. The molecule has 0 saturated heterocycles. The van der Waals surface area contributed by atoms with Gasteiger partial charge in [-0.25, -0.2) is 13.4 Å². The van der Waals surface area contributed by atoms with Crippen molar-refractivity contribution in [1.29, 1.82) is 5.26 Å². The van der Waals surface area contributed by atoms with E-state index < -0.39 is 9.84 Å². The van der Waals surface area contributed by atoms with Gasteiger partial charge in [-0.3, -0.25) is 0 Å². The summed E-state index contributed by atoms with van der Waals surface area (Å²) in [4.78, 5) is 3.87. The van der Waals surface area contributed by atoms with Gasteiger partial charge in [0.2, 0.25) is 0 Å². The van der Waals surface area contributed by atoms with Gasteiger partial charge < -0.3 is 5.32 Å². The second-order valence-electron chi connectivity index (χ2n) is 3.68. The molecule has 6 heteroatoms. The molecule has 0 aliphatic rings. The molecule has 0 aromatic carbocycles. The van der Waals surface area contributed by atoms with E-state index in [1.165, 1.54) is 12.5 Å². The minimum absolute atomic E-state index is 0.0625. The first-order valence-electron chi connectivity index (χ1n) is 4.71. The maximum Gasteiger partial charge on any atom is 0.149 e. The fourth-order valence-electron chi connectivity index (χ4n) is 1.33. The summed E-state index contributed by atoms with van der Waals surface area (Å²) in [5, 5.41) is 11.5. The standard InChI is InChI=1S/C10H13N3O2S/c1-8(7-16(2,14)15)13-10-4-3-9(5-11)12-6-10/h3-4,6,8,13H,7H2,1-2H3. The van der Waals surface area contributed by atoms with Crippen LogP contribution in [0, 0.1) is 11.3 Å². The van der Waals surface area contributed by atoms with Crippen LogP contribution < -0.4 is 5.32 Å². The Bertz CT molecular complexity index is 488. The Labute approximate surface area is 95.0 Å². The zero-order valence-corrected chi connectivity index (χ0v) is 9.95.